The molecular weight excluding hydrogens is 372 g/mol. The van der Waals surface area contributed by atoms with Crippen molar-refractivity contribution in [3.63, 3.8) is 0 Å². The van der Waals surface area contributed by atoms with Gasteiger partial charge in [-0.15, -0.1) is 0 Å². The maximum absolute atomic E-state index is 13.4. The fraction of sp³-hybridized carbons (Fsp3) is 0.462. The summed E-state index contributed by atoms with van der Waals surface area (Å²) in [6.45, 7) is 6.52. The molecule has 4 heteroatoms. The lowest BCUT2D eigenvalue weighted by atomic mass is 10.0. The minimum Gasteiger partial charge on any atom is -0.352 e. The van der Waals surface area contributed by atoms with E-state index in [-0.39, 0.29) is 17.9 Å². The molecule has 0 radical (unpaired) electrons. The van der Waals surface area contributed by atoms with Crippen LogP contribution in [0.1, 0.15) is 61.3 Å². The maximum Gasteiger partial charge on any atom is 0.243 e. The highest BCUT2D eigenvalue weighted by atomic mass is 16.2. The van der Waals surface area contributed by atoms with Crippen molar-refractivity contribution in [3.05, 3.63) is 70.8 Å². The summed E-state index contributed by atoms with van der Waals surface area (Å²) in [5, 5.41) is 3.20. The highest BCUT2D eigenvalue weighted by Gasteiger charge is 2.30. The van der Waals surface area contributed by atoms with Gasteiger partial charge >= 0.3 is 0 Å². The molecule has 2 aromatic carbocycles. The van der Waals surface area contributed by atoms with Crippen LogP contribution in [0.3, 0.4) is 0 Å². The van der Waals surface area contributed by atoms with Crippen LogP contribution in [-0.4, -0.2) is 28.8 Å². The molecule has 30 heavy (non-hydrogen) atoms. The van der Waals surface area contributed by atoms with Crippen LogP contribution in [0.2, 0.25) is 0 Å². The van der Waals surface area contributed by atoms with Crippen molar-refractivity contribution in [3.8, 4) is 0 Å². The van der Waals surface area contributed by atoms with Crippen molar-refractivity contribution in [2.45, 2.75) is 77.9 Å². The van der Waals surface area contributed by atoms with E-state index in [1.54, 1.807) is 4.90 Å². The third-order valence-corrected chi connectivity index (χ3v) is 6.04. The van der Waals surface area contributed by atoms with Gasteiger partial charge in [-0.2, -0.15) is 0 Å². The number of benzene rings is 2. The number of carbonyl (C=O) groups is 2. The van der Waals surface area contributed by atoms with Crippen molar-refractivity contribution in [2.24, 2.45) is 0 Å². The van der Waals surface area contributed by atoms with Gasteiger partial charge in [-0.25, -0.2) is 0 Å². The molecule has 1 saturated carbocycles. The van der Waals surface area contributed by atoms with Gasteiger partial charge in [0.2, 0.25) is 11.8 Å². The van der Waals surface area contributed by atoms with E-state index in [0.29, 0.717) is 19.4 Å². The monoisotopic (exact) mass is 406 g/mol. The molecule has 3 rings (SSSR count). The van der Waals surface area contributed by atoms with Gasteiger partial charge in [0.15, 0.2) is 0 Å². The van der Waals surface area contributed by atoms with Crippen LogP contribution in [0.4, 0.5) is 0 Å². The topological polar surface area (TPSA) is 49.4 Å². The van der Waals surface area contributed by atoms with E-state index in [0.717, 1.165) is 24.0 Å². The van der Waals surface area contributed by atoms with E-state index in [1.165, 1.54) is 24.0 Å². The van der Waals surface area contributed by atoms with Crippen molar-refractivity contribution >= 4 is 11.8 Å². The Hall–Kier alpha value is -2.62. The highest BCUT2D eigenvalue weighted by molar-refractivity contribution is 5.88. The van der Waals surface area contributed by atoms with Gasteiger partial charge in [0, 0.05) is 12.6 Å². The molecule has 1 N–H and O–H groups in total. The van der Waals surface area contributed by atoms with E-state index in [9.17, 15) is 9.59 Å². The van der Waals surface area contributed by atoms with Gasteiger partial charge in [0.1, 0.15) is 6.04 Å². The first-order valence-corrected chi connectivity index (χ1v) is 11.2. The Morgan fingerprint density at radius 1 is 0.933 bits per heavy atom. The molecule has 2 aromatic rings. The Morgan fingerprint density at radius 3 is 2.00 bits per heavy atom. The minimum atomic E-state index is -0.454. The molecule has 4 nitrogen and oxygen atoms in total. The third kappa shape index (κ3) is 5.94. The molecule has 1 unspecified atom stereocenters. The van der Waals surface area contributed by atoms with Gasteiger partial charge < -0.3 is 10.2 Å². The molecule has 160 valence electrons. The Labute approximate surface area is 180 Å². The molecular formula is C26H34N2O2. The number of nitrogens with zero attached hydrogens (tertiary/aromatic N) is 1. The highest BCUT2D eigenvalue weighted by Crippen LogP contribution is 2.20. The Morgan fingerprint density at radius 2 is 1.47 bits per heavy atom. The Kier molecular flexibility index (Phi) is 7.67. The summed E-state index contributed by atoms with van der Waals surface area (Å²) in [6.07, 6.45) is 5.32. The molecule has 0 saturated heterocycles. The van der Waals surface area contributed by atoms with E-state index < -0.39 is 6.04 Å². The number of hydrogen-bond donors (Lipinski definition) is 1. The SMILES string of the molecule is CCC(C(=O)NC1CCCC1)N(Cc1ccc(C)cc1)C(=O)Cc1ccc(C)cc1. The smallest absolute Gasteiger partial charge is 0.243 e. The number of aryl methyl sites for hydroxylation is 2. The molecule has 1 aliphatic carbocycles. The van der Waals surface area contributed by atoms with Crippen LogP contribution in [0.15, 0.2) is 48.5 Å². The van der Waals surface area contributed by atoms with Crippen LogP contribution in [0.5, 0.6) is 0 Å². The lowest BCUT2D eigenvalue weighted by Gasteiger charge is -2.31. The molecule has 1 aliphatic rings. The summed E-state index contributed by atoms with van der Waals surface area (Å²) in [5.74, 6) is -0.0263. The molecule has 1 fully saturated rings. The molecule has 0 heterocycles. The van der Waals surface area contributed by atoms with Crippen LogP contribution < -0.4 is 5.32 Å². The number of amides is 2. The van der Waals surface area contributed by atoms with E-state index in [2.05, 4.69) is 17.4 Å². The summed E-state index contributed by atoms with van der Waals surface area (Å²) in [7, 11) is 0. The second kappa shape index (κ2) is 10.4. The fourth-order valence-corrected chi connectivity index (χ4v) is 4.16. The summed E-state index contributed by atoms with van der Waals surface area (Å²) in [6, 6.07) is 16.0. The first kappa shape index (κ1) is 22.1. The molecule has 0 spiro atoms. The molecule has 1 atom stereocenters. The van der Waals surface area contributed by atoms with E-state index in [1.807, 2.05) is 57.2 Å². The molecule has 2 amide bonds. The van der Waals surface area contributed by atoms with Crippen LogP contribution in [0.25, 0.3) is 0 Å². The second-order valence-corrected chi connectivity index (χ2v) is 8.58. The van der Waals surface area contributed by atoms with Crippen molar-refractivity contribution in [1.82, 2.24) is 10.2 Å². The zero-order valence-corrected chi connectivity index (χ0v) is 18.5. The quantitative estimate of drug-likeness (QED) is 0.690. The summed E-state index contributed by atoms with van der Waals surface area (Å²) in [5.41, 5.74) is 4.38. The van der Waals surface area contributed by atoms with E-state index in [4.69, 9.17) is 0 Å². The van der Waals surface area contributed by atoms with Gasteiger partial charge in [0.25, 0.3) is 0 Å². The van der Waals surface area contributed by atoms with Crippen molar-refractivity contribution < 1.29 is 9.59 Å². The normalized spacial score (nSPS) is 15.0. The van der Waals surface area contributed by atoms with Crippen LogP contribution in [-0.2, 0) is 22.6 Å². The second-order valence-electron chi connectivity index (χ2n) is 8.58. The predicted molar refractivity (Wildman–Crippen MR) is 121 cm³/mol. The van der Waals surface area contributed by atoms with Gasteiger partial charge in [-0.3, -0.25) is 9.59 Å². The summed E-state index contributed by atoms with van der Waals surface area (Å²) >= 11 is 0. The van der Waals surface area contributed by atoms with Crippen molar-refractivity contribution in [1.29, 1.82) is 0 Å². The first-order valence-electron chi connectivity index (χ1n) is 11.2. The summed E-state index contributed by atoms with van der Waals surface area (Å²) in [4.78, 5) is 28.2. The van der Waals surface area contributed by atoms with Crippen LogP contribution in [0, 0.1) is 13.8 Å². The zero-order valence-electron chi connectivity index (χ0n) is 18.5. The minimum absolute atomic E-state index is 0.00662. The standard InChI is InChI=1S/C26H34N2O2/c1-4-24(26(30)27-23-7-5-6-8-23)28(18-22-15-11-20(3)12-16-22)25(29)17-21-13-9-19(2)10-14-21/h9-16,23-24H,4-8,17-18H2,1-3H3,(H,27,30). The first-order chi connectivity index (χ1) is 14.5. The number of hydrogen-bond acceptors (Lipinski definition) is 2. The Bertz CT molecular complexity index is 836. The summed E-state index contributed by atoms with van der Waals surface area (Å²) < 4.78 is 0. The Balaban J connectivity index is 1.80. The lowest BCUT2D eigenvalue weighted by molar-refractivity contribution is -0.141. The average molecular weight is 407 g/mol. The average Bonchev–Trinajstić information content (AvgIpc) is 3.24. The molecule has 0 aromatic heterocycles. The predicted octanol–water partition coefficient (Wildman–Crippen LogP) is 4.71. The zero-order chi connectivity index (χ0) is 21.5. The van der Waals surface area contributed by atoms with Crippen LogP contribution >= 0.6 is 0 Å². The fourth-order valence-electron chi connectivity index (χ4n) is 4.16. The number of rotatable bonds is 8. The molecule has 0 aliphatic heterocycles. The van der Waals surface area contributed by atoms with Gasteiger partial charge in [0.05, 0.1) is 6.42 Å². The van der Waals surface area contributed by atoms with Crippen molar-refractivity contribution in [2.75, 3.05) is 0 Å². The third-order valence-electron chi connectivity index (χ3n) is 6.04. The van der Waals surface area contributed by atoms with E-state index >= 15 is 0 Å². The maximum atomic E-state index is 13.4. The van der Waals surface area contributed by atoms with Gasteiger partial charge in [-0.05, 0) is 44.2 Å². The largest absolute Gasteiger partial charge is 0.352 e. The lowest BCUT2D eigenvalue weighted by Crippen LogP contribution is -2.51. The number of nitrogens with one attached hydrogen (secondary N) is 1. The van der Waals surface area contributed by atoms with Gasteiger partial charge in [-0.1, -0.05) is 79.4 Å². The molecule has 0 bridgehead atoms. The number of carbonyl (C=O) groups excluding carboxylic acids is 2.